The van der Waals surface area contributed by atoms with Crippen molar-refractivity contribution in [1.82, 2.24) is 4.90 Å². The van der Waals surface area contributed by atoms with Crippen LogP contribution < -0.4 is 4.74 Å². The third-order valence-corrected chi connectivity index (χ3v) is 5.82. The molecule has 3 nitrogen and oxygen atoms in total. The predicted molar refractivity (Wildman–Crippen MR) is 98.7 cm³/mol. The molecule has 0 N–H and O–H groups in total. The summed E-state index contributed by atoms with van der Waals surface area (Å²) in [6.07, 6.45) is 3.19. The maximum absolute atomic E-state index is 13.4. The number of halogens is 2. The van der Waals surface area contributed by atoms with Gasteiger partial charge in [0.1, 0.15) is 17.4 Å². The van der Waals surface area contributed by atoms with Crippen LogP contribution >= 0.6 is 0 Å². The molecule has 0 spiro atoms. The Kier molecular flexibility index (Phi) is 4.62. The number of amides is 1. The van der Waals surface area contributed by atoms with Crippen LogP contribution in [0.3, 0.4) is 0 Å². The van der Waals surface area contributed by atoms with Crippen molar-refractivity contribution in [1.29, 1.82) is 0 Å². The quantitative estimate of drug-likeness (QED) is 0.792. The molecular weight excluding hydrogens is 348 g/mol. The summed E-state index contributed by atoms with van der Waals surface area (Å²) in [4.78, 5) is 15.1. The highest BCUT2D eigenvalue weighted by molar-refractivity contribution is 5.91. The van der Waals surface area contributed by atoms with Gasteiger partial charge in [-0.05, 0) is 67.0 Å². The highest BCUT2D eigenvalue weighted by Crippen LogP contribution is 2.50. The third kappa shape index (κ3) is 3.55. The van der Waals surface area contributed by atoms with Gasteiger partial charge in [0.25, 0.3) is 0 Å². The Morgan fingerprint density at radius 1 is 1.15 bits per heavy atom. The van der Waals surface area contributed by atoms with Crippen LogP contribution in [-0.2, 0) is 16.6 Å². The molecule has 1 heterocycles. The molecule has 1 amide bonds. The summed E-state index contributed by atoms with van der Waals surface area (Å²) in [5.74, 6) is 0.104. The zero-order valence-electron chi connectivity index (χ0n) is 15.4. The molecule has 27 heavy (non-hydrogen) atoms. The Bertz CT molecular complexity index is 826. The van der Waals surface area contributed by atoms with Crippen LogP contribution in [0.15, 0.2) is 42.5 Å². The van der Waals surface area contributed by atoms with E-state index in [1.165, 1.54) is 12.1 Å². The number of methoxy groups -OCH3 is 1. The van der Waals surface area contributed by atoms with E-state index >= 15 is 0 Å². The van der Waals surface area contributed by atoms with Gasteiger partial charge in [-0.1, -0.05) is 12.1 Å². The zero-order valence-corrected chi connectivity index (χ0v) is 15.4. The number of nitrogens with zero attached hydrogens (tertiary/aromatic N) is 1. The summed E-state index contributed by atoms with van der Waals surface area (Å²) in [5.41, 5.74) is 1.30. The van der Waals surface area contributed by atoms with Crippen molar-refractivity contribution < 1.29 is 18.3 Å². The molecular formula is C22H23F2NO2. The smallest absolute Gasteiger partial charge is 0.233 e. The van der Waals surface area contributed by atoms with E-state index in [0.717, 1.165) is 36.6 Å². The predicted octanol–water partition coefficient (Wildman–Crippen LogP) is 4.10. The first-order chi connectivity index (χ1) is 13.0. The van der Waals surface area contributed by atoms with Crippen LogP contribution in [0.25, 0.3) is 0 Å². The molecule has 2 aromatic rings. The SMILES string of the molecule is COc1ccc(C2(C(=O)N3CCC(Cc4cc(F)cc(F)c4)C3)CC2)cc1. The van der Waals surface area contributed by atoms with E-state index in [1.807, 2.05) is 29.2 Å². The minimum atomic E-state index is -0.549. The first-order valence-electron chi connectivity index (χ1n) is 9.39. The van der Waals surface area contributed by atoms with Crippen LogP contribution in [0.5, 0.6) is 5.75 Å². The average Bonchev–Trinajstić information content (AvgIpc) is 3.33. The summed E-state index contributed by atoms with van der Waals surface area (Å²) in [6.45, 7) is 1.36. The fraction of sp³-hybridized carbons (Fsp3) is 0.409. The van der Waals surface area contributed by atoms with Gasteiger partial charge < -0.3 is 9.64 Å². The second-order valence-corrected chi connectivity index (χ2v) is 7.70. The maximum atomic E-state index is 13.4. The van der Waals surface area contributed by atoms with Crippen molar-refractivity contribution >= 4 is 5.91 Å². The first-order valence-corrected chi connectivity index (χ1v) is 9.39. The Labute approximate surface area is 157 Å². The van der Waals surface area contributed by atoms with Gasteiger partial charge in [-0.2, -0.15) is 0 Å². The number of hydrogen-bond acceptors (Lipinski definition) is 2. The van der Waals surface area contributed by atoms with Gasteiger partial charge in [-0.3, -0.25) is 4.79 Å². The Morgan fingerprint density at radius 2 is 1.81 bits per heavy atom. The molecule has 5 heteroatoms. The van der Waals surface area contributed by atoms with Crippen molar-refractivity contribution in [2.75, 3.05) is 20.2 Å². The van der Waals surface area contributed by atoms with Gasteiger partial charge in [-0.15, -0.1) is 0 Å². The summed E-state index contributed by atoms with van der Waals surface area (Å²) in [7, 11) is 1.63. The molecule has 0 radical (unpaired) electrons. The maximum Gasteiger partial charge on any atom is 0.233 e. The number of likely N-dealkylation sites (tertiary alicyclic amines) is 1. The minimum Gasteiger partial charge on any atom is -0.497 e. The summed E-state index contributed by atoms with van der Waals surface area (Å²) in [6, 6.07) is 11.4. The van der Waals surface area contributed by atoms with Crippen molar-refractivity contribution in [3.63, 3.8) is 0 Å². The molecule has 1 unspecified atom stereocenters. The third-order valence-electron chi connectivity index (χ3n) is 5.82. The van der Waals surface area contributed by atoms with Crippen LogP contribution in [0, 0.1) is 17.6 Å². The number of hydrogen-bond donors (Lipinski definition) is 0. The van der Waals surface area contributed by atoms with Crippen LogP contribution in [0.4, 0.5) is 8.78 Å². The highest BCUT2D eigenvalue weighted by Gasteiger charge is 2.53. The van der Waals surface area contributed by atoms with Crippen molar-refractivity contribution in [3.8, 4) is 5.75 Å². The lowest BCUT2D eigenvalue weighted by Crippen LogP contribution is -2.38. The van der Waals surface area contributed by atoms with E-state index in [9.17, 15) is 13.6 Å². The monoisotopic (exact) mass is 371 g/mol. The standard InChI is InChI=1S/C22H23F2NO2/c1-27-20-4-2-17(3-5-20)22(7-8-22)21(26)25-9-6-15(14-25)10-16-11-18(23)13-19(24)12-16/h2-5,11-13,15H,6-10,14H2,1H3. The molecule has 2 fully saturated rings. The summed E-state index contributed by atoms with van der Waals surface area (Å²) >= 11 is 0. The lowest BCUT2D eigenvalue weighted by atomic mass is 9.94. The van der Waals surface area contributed by atoms with Crippen LogP contribution in [0.1, 0.15) is 30.4 Å². The second kappa shape index (κ2) is 6.95. The average molecular weight is 371 g/mol. The highest BCUT2D eigenvalue weighted by atomic mass is 19.1. The molecule has 142 valence electrons. The van der Waals surface area contributed by atoms with Gasteiger partial charge in [-0.25, -0.2) is 8.78 Å². The van der Waals surface area contributed by atoms with Crippen molar-refractivity contribution in [2.24, 2.45) is 5.92 Å². The zero-order chi connectivity index (χ0) is 19.0. The summed E-state index contributed by atoms with van der Waals surface area (Å²) in [5, 5.41) is 0. The Hall–Kier alpha value is -2.43. The first kappa shape index (κ1) is 18.0. The molecule has 1 saturated heterocycles. The number of ether oxygens (including phenoxy) is 1. The fourth-order valence-corrected chi connectivity index (χ4v) is 4.21. The van der Waals surface area contributed by atoms with Gasteiger partial charge in [0.2, 0.25) is 5.91 Å². The molecule has 0 bridgehead atoms. The number of carbonyl (C=O) groups excluding carboxylic acids is 1. The number of carbonyl (C=O) groups is 1. The molecule has 4 rings (SSSR count). The molecule has 1 saturated carbocycles. The largest absolute Gasteiger partial charge is 0.497 e. The van der Waals surface area contributed by atoms with Crippen LogP contribution in [-0.4, -0.2) is 31.0 Å². The molecule has 1 aliphatic heterocycles. The van der Waals surface area contributed by atoms with E-state index < -0.39 is 17.0 Å². The fourth-order valence-electron chi connectivity index (χ4n) is 4.21. The van der Waals surface area contributed by atoms with E-state index in [2.05, 4.69) is 0 Å². The van der Waals surface area contributed by atoms with Gasteiger partial charge in [0.15, 0.2) is 0 Å². The molecule has 1 atom stereocenters. The molecule has 1 aliphatic carbocycles. The van der Waals surface area contributed by atoms with E-state index in [4.69, 9.17) is 4.74 Å². The summed E-state index contributed by atoms with van der Waals surface area (Å²) < 4.78 is 32.0. The van der Waals surface area contributed by atoms with Gasteiger partial charge in [0.05, 0.1) is 12.5 Å². The lowest BCUT2D eigenvalue weighted by Gasteiger charge is -2.24. The Morgan fingerprint density at radius 3 is 2.41 bits per heavy atom. The Balaban J connectivity index is 1.43. The van der Waals surface area contributed by atoms with Crippen LogP contribution in [0.2, 0.25) is 0 Å². The van der Waals surface area contributed by atoms with Gasteiger partial charge in [0, 0.05) is 19.2 Å². The molecule has 2 aromatic carbocycles. The lowest BCUT2D eigenvalue weighted by molar-refractivity contribution is -0.133. The minimum absolute atomic E-state index is 0.181. The van der Waals surface area contributed by atoms with Crippen molar-refractivity contribution in [2.45, 2.75) is 31.1 Å². The normalized spacial score (nSPS) is 20.6. The molecule has 2 aliphatic rings. The van der Waals surface area contributed by atoms with E-state index in [0.29, 0.717) is 25.1 Å². The topological polar surface area (TPSA) is 29.5 Å². The number of rotatable bonds is 5. The second-order valence-electron chi connectivity index (χ2n) is 7.70. The van der Waals surface area contributed by atoms with Crippen molar-refractivity contribution in [3.05, 3.63) is 65.2 Å². The van der Waals surface area contributed by atoms with E-state index in [1.54, 1.807) is 7.11 Å². The van der Waals surface area contributed by atoms with E-state index in [-0.39, 0.29) is 11.8 Å². The molecule has 0 aromatic heterocycles. The number of benzene rings is 2. The van der Waals surface area contributed by atoms with Gasteiger partial charge >= 0.3 is 0 Å².